The number of benzene rings is 1. The van der Waals surface area contributed by atoms with Crippen LogP contribution in [0.2, 0.25) is 0 Å². The number of likely N-dealkylation sites (tertiary alicyclic amines) is 1. The van der Waals surface area contributed by atoms with Crippen LogP contribution in [0.25, 0.3) is 0 Å². The number of rotatable bonds is 2. The number of aliphatic hydroxyl groups excluding tert-OH is 1. The number of ether oxygens (including phenoxy) is 1. The summed E-state index contributed by atoms with van der Waals surface area (Å²) >= 11 is 0. The summed E-state index contributed by atoms with van der Waals surface area (Å²) in [5, 5.41) is 10.9. The molecule has 2 atom stereocenters. The number of piperidine rings is 1. The Kier molecular flexibility index (Phi) is 3.89. The quantitative estimate of drug-likeness (QED) is 0.914. The minimum Gasteiger partial charge on any atom is -0.485 e. The van der Waals surface area contributed by atoms with Crippen molar-refractivity contribution in [1.82, 2.24) is 4.90 Å². The minimum absolute atomic E-state index is 0.140. The molecule has 4 nitrogen and oxygen atoms in total. The minimum atomic E-state index is -0.728. The number of carbonyl (C=O) groups is 1. The molecule has 1 aromatic rings. The van der Waals surface area contributed by atoms with E-state index in [1.54, 1.807) is 0 Å². The molecular formula is C18H25NO3. The van der Waals surface area contributed by atoms with Gasteiger partial charge in [-0.15, -0.1) is 0 Å². The average molecular weight is 303 g/mol. The Hall–Kier alpha value is -1.55. The first-order chi connectivity index (χ1) is 10.4. The van der Waals surface area contributed by atoms with Crippen LogP contribution in [0.5, 0.6) is 5.75 Å². The lowest BCUT2D eigenvalue weighted by molar-refractivity contribution is -0.147. The van der Waals surface area contributed by atoms with Crippen molar-refractivity contribution >= 4 is 5.91 Å². The van der Waals surface area contributed by atoms with E-state index in [4.69, 9.17) is 4.74 Å². The summed E-state index contributed by atoms with van der Waals surface area (Å²) in [4.78, 5) is 14.2. The molecule has 1 fully saturated rings. The molecule has 0 radical (unpaired) electrons. The maximum atomic E-state index is 12.4. The van der Waals surface area contributed by atoms with Crippen LogP contribution in [0, 0.1) is 0 Å². The molecule has 0 aromatic heterocycles. The molecule has 2 aliphatic heterocycles. The molecule has 0 bridgehead atoms. The molecule has 4 heteroatoms. The Morgan fingerprint density at radius 3 is 2.82 bits per heavy atom. The van der Waals surface area contributed by atoms with Gasteiger partial charge >= 0.3 is 0 Å². The van der Waals surface area contributed by atoms with E-state index in [0.29, 0.717) is 13.0 Å². The van der Waals surface area contributed by atoms with Crippen molar-refractivity contribution in [2.45, 2.75) is 64.2 Å². The van der Waals surface area contributed by atoms with Crippen molar-refractivity contribution < 1.29 is 14.6 Å². The molecule has 0 saturated carbocycles. The molecule has 1 N–H and O–H groups in total. The van der Waals surface area contributed by atoms with Gasteiger partial charge < -0.3 is 14.7 Å². The second-order valence-electron chi connectivity index (χ2n) is 6.87. The lowest BCUT2D eigenvalue weighted by Crippen LogP contribution is -2.55. The molecule has 120 valence electrons. The zero-order valence-electron chi connectivity index (χ0n) is 13.6. The molecule has 1 aromatic carbocycles. The summed E-state index contributed by atoms with van der Waals surface area (Å²) in [6.45, 7) is 6.59. The number of aliphatic hydroxyl groups is 1. The first-order valence-electron chi connectivity index (χ1n) is 8.23. The van der Waals surface area contributed by atoms with Crippen molar-refractivity contribution in [3.05, 3.63) is 29.3 Å². The van der Waals surface area contributed by atoms with E-state index in [-0.39, 0.29) is 11.9 Å². The fraction of sp³-hybridized carbons (Fsp3) is 0.611. The smallest absolute Gasteiger partial charge is 0.223 e. The van der Waals surface area contributed by atoms with Crippen LogP contribution in [0.15, 0.2) is 18.2 Å². The first kappa shape index (κ1) is 15.3. The molecular weight excluding hydrogens is 278 g/mol. The van der Waals surface area contributed by atoms with E-state index in [0.717, 1.165) is 30.6 Å². The average Bonchev–Trinajstić information content (AvgIpc) is 2.49. The standard InChI is InChI=1S/C18H25NO3/c1-4-12-8-9-14-13(11-12)16(17(21)18(2,3)22-14)19-10-6-5-7-15(19)20/h8-9,11,16-17,21H,4-7,10H2,1-3H3/t16-,17+/m1/s1. The number of carbonyl (C=O) groups excluding carboxylic acids is 1. The summed E-state index contributed by atoms with van der Waals surface area (Å²) in [6.07, 6.45) is 2.72. The highest BCUT2D eigenvalue weighted by molar-refractivity contribution is 5.77. The fourth-order valence-electron chi connectivity index (χ4n) is 3.50. The molecule has 2 aliphatic rings. The highest BCUT2D eigenvalue weighted by atomic mass is 16.5. The number of nitrogens with zero attached hydrogens (tertiary/aromatic N) is 1. The van der Waals surface area contributed by atoms with E-state index < -0.39 is 11.7 Å². The third-order valence-electron chi connectivity index (χ3n) is 4.88. The second kappa shape index (κ2) is 5.58. The third kappa shape index (κ3) is 2.50. The Morgan fingerprint density at radius 1 is 1.36 bits per heavy atom. The molecule has 2 heterocycles. The van der Waals surface area contributed by atoms with Crippen molar-refractivity contribution in [2.75, 3.05) is 6.54 Å². The molecule has 0 aliphatic carbocycles. The van der Waals surface area contributed by atoms with Gasteiger partial charge in [-0.1, -0.05) is 13.0 Å². The van der Waals surface area contributed by atoms with Crippen LogP contribution in [-0.2, 0) is 11.2 Å². The van der Waals surface area contributed by atoms with Gasteiger partial charge in [-0.25, -0.2) is 0 Å². The second-order valence-corrected chi connectivity index (χ2v) is 6.87. The van der Waals surface area contributed by atoms with Gasteiger partial charge in [-0.05, 0) is 50.8 Å². The number of hydrogen-bond donors (Lipinski definition) is 1. The number of aryl methyl sites for hydroxylation is 1. The maximum absolute atomic E-state index is 12.4. The lowest BCUT2D eigenvalue weighted by atomic mass is 9.84. The number of amides is 1. The summed E-state index contributed by atoms with van der Waals surface area (Å²) in [5.41, 5.74) is 1.44. The predicted octanol–water partition coefficient (Wildman–Crippen LogP) is 2.83. The Labute approximate surface area is 132 Å². The highest BCUT2D eigenvalue weighted by Gasteiger charge is 2.46. The molecule has 0 spiro atoms. The lowest BCUT2D eigenvalue weighted by Gasteiger charge is -2.47. The largest absolute Gasteiger partial charge is 0.485 e. The van der Waals surface area contributed by atoms with Gasteiger partial charge in [0.15, 0.2) is 0 Å². The SMILES string of the molecule is CCc1ccc2c(c1)[C@@H](N1CCCCC1=O)[C@H](O)C(C)(C)O2. The van der Waals surface area contributed by atoms with Gasteiger partial charge in [0, 0.05) is 18.5 Å². The van der Waals surface area contributed by atoms with Gasteiger partial charge in [-0.2, -0.15) is 0 Å². The number of fused-ring (bicyclic) bond motifs is 1. The maximum Gasteiger partial charge on any atom is 0.223 e. The molecule has 1 amide bonds. The Morgan fingerprint density at radius 2 is 2.14 bits per heavy atom. The van der Waals surface area contributed by atoms with Crippen LogP contribution < -0.4 is 4.74 Å². The number of hydrogen-bond acceptors (Lipinski definition) is 3. The van der Waals surface area contributed by atoms with Crippen molar-refractivity contribution in [1.29, 1.82) is 0 Å². The van der Waals surface area contributed by atoms with E-state index in [9.17, 15) is 9.90 Å². The molecule has 0 unspecified atom stereocenters. The van der Waals surface area contributed by atoms with Crippen LogP contribution in [0.3, 0.4) is 0 Å². The Bertz CT molecular complexity index is 582. The van der Waals surface area contributed by atoms with Gasteiger partial charge in [0.2, 0.25) is 5.91 Å². The summed E-state index contributed by atoms with van der Waals surface area (Å²) in [6, 6.07) is 5.81. The van der Waals surface area contributed by atoms with Crippen molar-refractivity contribution in [2.24, 2.45) is 0 Å². The van der Waals surface area contributed by atoms with Crippen LogP contribution in [0.1, 0.15) is 57.2 Å². The zero-order chi connectivity index (χ0) is 15.9. The normalized spacial score (nSPS) is 27.3. The zero-order valence-corrected chi connectivity index (χ0v) is 13.6. The topological polar surface area (TPSA) is 49.8 Å². The van der Waals surface area contributed by atoms with Gasteiger partial charge in [0.05, 0.1) is 6.04 Å². The molecule has 3 rings (SSSR count). The third-order valence-corrected chi connectivity index (χ3v) is 4.88. The monoisotopic (exact) mass is 303 g/mol. The van der Waals surface area contributed by atoms with Crippen LogP contribution >= 0.6 is 0 Å². The first-order valence-corrected chi connectivity index (χ1v) is 8.23. The fourth-order valence-corrected chi connectivity index (χ4v) is 3.50. The van der Waals surface area contributed by atoms with E-state index in [1.165, 1.54) is 5.56 Å². The van der Waals surface area contributed by atoms with Gasteiger partial charge in [0.25, 0.3) is 0 Å². The van der Waals surface area contributed by atoms with Gasteiger partial charge in [0.1, 0.15) is 17.5 Å². The van der Waals surface area contributed by atoms with E-state index in [1.807, 2.05) is 24.8 Å². The van der Waals surface area contributed by atoms with Crippen LogP contribution in [-0.4, -0.2) is 34.2 Å². The van der Waals surface area contributed by atoms with Crippen LogP contribution in [0.4, 0.5) is 0 Å². The summed E-state index contributed by atoms with van der Waals surface area (Å²) in [7, 11) is 0. The summed E-state index contributed by atoms with van der Waals surface area (Å²) < 4.78 is 6.00. The molecule has 1 saturated heterocycles. The predicted molar refractivity (Wildman–Crippen MR) is 84.8 cm³/mol. The summed E-state index contributed by atoms with van der Waals surface area (Å²) in [5.74, 6) is 0.928. The van der Waals surface area contributed by atoms with Crippen molar-refractivity contribution in [3.8, 4) is 5.75 Å². The van der Waals surface area contributed by atoms with E-state index >= 15 is 0 Å². The van der Waals surface area contributed by atoms with Gasteiger partial charge in [-0.3, -0.25) is 4.79 Å². The Balaban J connectivity index is 2.08. The highest BCUT2D eigenvalue weighted by Crippen LogP contribution is 2.44. The van der Waals surface area contributed by atoms with Crippen molar-refractivity contribution in [3.63, 3.8) is 0 Å². The van der Waals surface area contributed by atoms with E-state index in [2.05, 4.69) is 19.1 Å². The molecule has 22 heavy (non-hydrogen) atoms.